The van der Waals surface area contributed by atoms with Crippen LogP contribution in [0.3, 0.4) is 0 Å². The van der Waals surface area contributed by atoms with Gasteiger partial charge in [-0.05, 0) is 19.0 Å². The average Bonchev–Trinajstić information content (AvgIpc) is 3.01. The molecule has 130 valence electrons. The Kier molecular flexibility index (Phi) is 6.24. The van der Waals surface area contributed by atoms with Crippen LogP contribution in [0.4, 0.5) is 0 Å². The summed E-state index contributed by atoms with van der Waals surface area (Å²) in [7, 11) is 0. The van der Waals surface area contributed by atoms with Crippen LogP contribution < -0.4 is 5.32 Å². The van der Waals surface area contributed by atoms with Crippen LogP contribution in [0, 0.1) is 0 Å². The summed E-state index contributed by atoms with van der Waals surface area (Å²) in [5.41, 5.74) is 1.44. The topological polar surface area (TPSA) is 76.0 Å². The molecule has 0 unspecified atom stereocenters. The van der Waals surface area contributed by atoms with Crippen molar-refractivity contribution in [1.82, 2.24) is 15.2 Å². The van der Waals surface area contributed by atoms with Crippen molar-refractivity contribution >= 4 is 35.2 Å². The van der Waals surface area contributed by atoms with Gasteiger partial charge in [-0.3, -0.25) is 9.89 Å². The summed E-state index contributed by atoms with van der Waals surface area (Å²) < 4.78 is 10.6. The predicted octanol–water partition coefficient (Wildman–Crippen LogP) is 1.29. The highest BCUT2D eigenvalue weighted by Gasteiger charge is 2.25. The average molecular weight is 368 g/mol. The Morgan fingerprint density at radius 1 is 1.50 bits per heavy atom. The maximum absolute atomic E-state index is 12.3. The molecule has 3 rings (SSSR count). The number of nitrogens with one attached hydrogen (secondary N) is 1. The molecule has 0 spiro atoms. The van der Waals surface area contributed by atoms with Crippen LogP contribution in [0.25, 0.3) is 0 Å². The van der Waals surface area contributed by atoms with Gasteiger partial charge in [0.1, 0.15) is 0 Å². The second-order valence-corrected chi connectivity index (χ2v) is 7.00. The molecule has 1 fully saturated rings. The van der Waals surface area contributed by atoms with Crippen LogP contribution in [0.2, 0.25) is 0 Å². The highest BCUT2D eigenvalue weighted by atomic mass is 32.2. The van der Waals surface area contributed by atoms with Gasteiger partial charge in [0, 0.05) is 42.7 Å². The van der Waals surface area contributed by atoms with Crippen molar-refractivity contribution in [3.63, 3.8) is 0 Å². The first kappa shape index (κ1) is 17.4. The van der Waals surface area contributed by atoms with Crippen LogP contribution in [0.1, 0.15) is 11.9 Å². The molecule has 3 heterocycles. The third-order valence-electron chi connectivity index (χ3n) is 3.63. The Morgan fingerprint density at radius 3 is 3.21 bits per heavy atom. The van der Waals surface area contributed by atoms with E-state index in [9.17, 15) is 4.79 Å². The molecule has 0 atom stereocenters. The van der Waals surface area contributed by atoms with Crippen LogP contribution in [-0.4, -0.2) is 66.8 Å². The lowest BCUT2D eigenvalue weighted by Gasteiger charge is -2.26. The molecule has 0 aliphatic carbocycles. The molecule has 0 saturated carbocycles. The lowest BCUT2D eigenvalue weighted by atomic mass is 10.1. The van der Waals surface area contributed by atoms with Crippen LogP contribution in [0.5, 0.6) is 0 Å². The van der Waals surface area contributed by atoms with Gasteiger partial charge in [0.05, 0.1) is 25.3 Å². The second kappa shape index (κ2) is 8.61. The van der Waals surface area contributed by atoms with E-state index in [1.165, 1.54) is 23.4 Å². The summed E-state index contributed by atoms with van der Waals surface area (Å²) in [5, 5.41) is 6.03. The number of carbonyl (C=O) groups excluding carboxylic acids is 1. The molecule has 0 bridgehead atoms. The van der Waals surface area contributed by atoms with Gasteiger partial charge in [0.15, 0.2) is 10.8 Å². The molecule has 1 aromatic heterocycles. The number of nitrogens with zero attached hydrogens (tertiary/aromatic N) is 3. The zero-order valence-corrected chi connectivity index (χ0v) is 15.1. The van der Waals surface area contributed by atoms with Crippen LogP contribution in [0.15, 0.2) is 27.8 Å². The van der Waals surface area contributed by atoms with Crippen molar-refractivity contribution in [2.24, 2.45) is 4.99 Å². The number of hydrogen-bond donors (Lipinski definition) is 1. The highest BCUT2D eigenvalue weighted by molar-refractivity contribution is 7.94. The standard InChI is InChI=1S/C15H20N4O3S2/c1-2-21-15(20)11-9-17-13(14-16-3-7-23-14)18-12(11)10-19-4-6-22-24-8-5-19/h3,7H,2,4-6,8-10H2,1H3,(H,17,18). The van der Waals surface area contributed by atoms with E-state index >= 15 is 0 Å². The maximum Gasteiger partial charge on any atom is 0.337 e. The first-order valence-electron chi connectivity index (χ1n) is 7.85. The zero-order chi connectivity index (χ0) is 16.8. The number of ether oxygens (including phenoxy) is 1. The quantitative estimate of drug-likeness (QED) is 0.620. The summed E-state index contributed by atoms with van der Waals surface area (Å²) in [6.45, 7) is 5.54. The first-order valence-corrected chi connectivity index (χ1v) is 9.64. The molecule has 24 heavy (non-hydrogen) atoms. The predicted molar refractivity (Wildman–Crippen MR) is 95.2 cm³/mol. The SMILES string of the molecule is CCOC(=O)C1=C(CN2CCOSCC2)NC(c2nccs2)=NC1. The molecular weight excluding hydrogens is 348 g/mol. The first-order chi connectivity index (χ1) is 11.8. The highest BCUT2D eigenvalue weighted by Crippen LogP contribution is 2.17. The number of esters is 1. The number of amidine groups is 1. The normalized spacial score (nSPS) is 19.5. The Morgan fingerprint density at radius 2 is 2.42 bits per heavy atom. The van der Waals surface area contributed by atoms with Crippen molar-refractivity contribution in [2.45, 2.75) is 6.92 Å². The molecule has 2 aliphatic heterocycles. The minimum Gasteiger partial charge on any atom is -0.463 e. The number of carbonyl (C=O) groups is 1. The number of hydrogen-bond acceptors (Lipinski definition) is 9. The lowest BCUT2D eigenvalue weighted by Crippen LogP contribution is -2.39. The van der Waals surface area contributed by atoms with Crippen molar-refractivity contribution in [3.05, 3.63) is 27.9 Å². The monoisotopic (exact) mass is 368 g/mol. The molecule has 2 aliphatic rings. The van der Waals surface area contributed by atoms with E-state index < -0.39 is 0 Å². The summed E-state index contributed by atoms with van der Waals surface area (Å²) in [5.74, 6) is 1.33. The molecule has 0 radical (unpaired) electrons. The Labute approximate surface area is 149 Å². The third kappa shape index (κ3) is 4.35. The molecule has 1 N–H and O–H groups in total. The number of aliphatic imine (C=N–C) groups is 1. The fourth-order valence-corrected chi connectivity index (χ4v) is 3.70. The van der Waals surface area contributed by atoms with Gasteiger partial charge in [-0.15, -0.1) is 11.3 Å². The Bertz CT molecular complexity index is 623. The van der Waals surface area contributed by atoms with E-state index in [1.807, 2.05) is 12.3 Å². The Hall–Kier alpha value is -1.42. The summed E-state index contributed by atoms with van der Waals surface area (Å²) in [4.78, 5) is 23.3. The summed E-state index contributed by atoms with van der Waals surface area (Å²) in [6.07, 6.45) is 1.75. The fourth-order valence-electron chi connectivity index (χ4n) is 2.46. The lowest BCUT2D eigenvalue weighted by molar-refractivity contribution is -0.138. The van der Waals surface area contributed by atoms with Crippen molar-refractivity contribution < 1.29 is 13.7 Å². The largest absolute Gasteiger partial charge is 0.463 e. The zero-order valence-electron chi connectivity index (χ0n) is 13.5. The van der Waals surface area contributed by atoms with E-state index in [2.05, 4.69) is 20.2 Å². The fraction of sp³-hybridized carbons (Fsp3) is 0.533. The van der Waals surface area contributed by atoms with Gasteiger partial charge < -0.3 is 14.2 Å². The van der Waals surface area contributed by atoms with Gasteiger partial charge in [-0.2, -0.15) is 0 Å². The van der Waals surface area contributed by atoms with E-state index in [4.69, 9.17) is 8.92 Å². The number of aromatic nitrogens is 1. The minimum atomic E-state index is -0.303. The van der Waals surface area contributed by atoms with Gasteiger partial charge in [0.25, 0.3) is 0 Å². The van der Waals surface area contributed by atoms with Crippen molar-refractivity contribution in [3.8, 4) is 0 Å². The molecule has 7 nitrogen and oxygen atoms in total. The van der Waals surface area contributed by atoms with Gasteiger partial charge >= 0.3 is 5.97 Å². The van der Waals surface area contributed by atoms with Crippen molar-refractivity contribution in [1.29, 1.82) is 0 Å². The molecule has 1 saturated heterocycles. The molecule has 0 aromatic carbocycles. The van der Waals surface area contributed by atoms with Crippen molar-refractivity contribution in [2.75, 3.05) is 45.1 Å². The van der Waals surface area contributed by atoms with Gasteiger partial charge in [-0.25, -0.2) is 9.78 Å². The maximum atomic E-state index is 12.3. The summed E-state index contributed by atoms with van der Waals surface area (Å²) in [6, 6.07) is 0. The number of thiazole rings is 1. The smallest absolute Gasteiger partial charge is 0.337 e. The minimum absolute atomic E-state index is 0.303. The van der Waals surface area contributed by atoms with E-state index in [0.29, 0.717) is 37.7 Å². The molecule has 9 heteroatoms. The molecule has 1 aromatic rings. The van der Waals surface area contributed by atoms with E-state index in [0.717, 1.165) is 29.5 Å². The van der Waals surface area contributed by atoms with E-state index in [-0.39, 0.29) is 5.97 Å². The number of rotatable bonds is 5. The van der Waals surface area contributed by atoms with E-state index in [1.54, 1.807) is 6.20 Å². The van der Waals surface area contributed by atoms with Gasteiger partial charge in [-0.1, -0.05) is 0 Å². The van der Waals surface area contributed by atoms with Gasteiger partial charge in [0.2, 0.25) is 0 Å². The third-order valence-corrected chi connectivity index (χ3v) is 5.09. The second-order valence-electron chi connectivity index (χ2n) is 5.22. The van der Waals surface area contributed by atoms with Crippen LogP contribution >= 0.6 is 23.4 Å². The Balaban J connectivity index is 1.78. The molecular formula is C15H20N4O3S2. The van der Waals surface area contributed by atoms with Crippen LogP contribution in [-0.2, 0) is 13.7 Å². The summed E-state index contributed by atoms with van der Waals surface area (Å²) >= 11 is 3.01. The molecule has 0 amide bonds.